The number of methoxy groups -OCH3 is 1. The van der Waals surface area contributed by atoms with Crippen LogP contribution in [0.2, 0.25) is 0 Å². The van der Waals surface area contributed by atoms with Crippen LogP contribution >= 0.6 is 11.3 Å². The molecule has 1 fully saturated rings. The monoisotopic (exact) mass is 412 g/mol. The molecule has 0 bridgehead atoms. The topological polar surface area (TPSA) is 66.9 Å². The van der Waals surface area contributed by atoms with E-state index in [2.05, 4.69) is 15.2 Å². The van der Waals surface area contributed by atoms with Crippen molar-refractivity contribution in [2.75, 3.05) is 62.1 Å². The number of benzene rings is 2. The first kappa shape index (κ1) is 19.5. The second-order valence-corrected chi connectivity index (χ2v) is 7.86. The lowest BCUT2D eigenvalue weighted by Crippen LogP contribution is -2.36. The van der Waals surface area contributed by atoms with Crippen LogP contribution in [0.3, 0.4) is 0 Å². The molecule has 152 valence electrons. The summed E-state index contributed by atoms with van der Waals surface area (Å²) in [6.45, 7) is 3.51. The molecule has 8 heteroatoms. The van der Waals surface area contributed by atoms with Crippen molar-refractivity contribution in [2.45, 2.75) is 0 Å². The first-order chi connectivity index (χ1) is 14.1. The number of rotatable bonds is 6. The number of amides is 1. The summed E-state index contributed by atoms with van der Waals surface area (Å²) in [5, 5.41) is 3.74. The molecule has 2 aromatic carbocycles. The third-order valence-corrected chi connectivity index (χ3v) is 5.96. The maximum Gasteiger partial charge on any atom is 0.243 e. The van der Waals surface area contributed by atoms with Gasteiger partial charge in [0.05, 0.1) is 31.6 Å². The molecule has 0 unspecified atom stereocenters. The van der Waals surface area contributed by atoms with Gasteiger partial charge in [0.15, 0.2) is 5.13 Å². The van der Waals surface area contributed by atoms with Crippen molar-refractivity contribution in [1.82, 2.24) is 4.98 Å². The lowest BCUT2D eigenvalue weighted by Gasteiger charge is -2.28. The van der Waals surface area contributed by atoms with E-state index in [9.17, 15) is 4.79 Å². The molecule has 0 radical (unpaired) electrons. The van der Waals surface area contributed by atoms with E-state index in [-0.39, 0.29) is 12.5 Å². The highest BCUT2D eigenvalue weighted by Crippen LogP contribution is 2.33. The number of hydrogen-bond acceptors (Lipinski definition) is 7. The summed E-state index contributed by atoms with van der Waals surface area (Å²) < 4.78 is 11.8. The Morgan fingerprint density at radius 1 is 1.24 bits per heavy atom. The number of anilines is 3. The number of nitrogens with zero attached hydrogens (tertiary/aromatic N) is 3. The fourth-order valence-corrected chi connectivity index (χ4v) is 4.24. The van der Waals surface area contributed by atoms with Gasteiger partial charge in [0.25, 0.3) is 0 Å². The predicted octanol–water partition coefficient (Wildman–Crippen LogP) is 3.22. The van der Waals surface area contributed by atoms with Crippen molar-refractivity contribution in [3.8, 4) is 5.75 Å². The molecule has 0 aliphatic carbocycles. The first-order valence-corrected chi connectivity index (χ1v) is 10.3. The molecule has 3 aromatic rings. The van der Waals surface area contributed by atoms with Crippen molar-refractivity contribution in [1.29, 1.82) is 0 Å². The molecule has 1 aromatic heterocycles. The number of carbonyl (C=O) groups excluding carboxylic acids is 1. The van der Waals surface area contributed by atoms with E-state index in [0.29, 0.717) is 0 Å². The van der Waals surface area contributed by atoms with Gasteiger partial charge in [-0.15, -0.1) is 0 Å². The zero-order valence-electron chi connectivity index (χ0n) is 16.6. The second kappa shape index (κ2) is 8.67. The number of morpholine rings is 1. The summed E-state index contributed by atoms with van der Waals surface area (Å²) in [6, 6.07) is 13.8. The van der Waals surface area contributed by atoms with Gasteiger partial charge < -0.3 is 24.6 Å². The molecule has 1 aliphatic heterocycles. The van der Waals surface area contributed by atoms with Gasteiger partial charge in [-0.3, -0.25) is 4.79 Å². The Morgan fingerprint density at radius 2 is 2.00 bits per heavy atom. The molecule has 1 aliphatic rings. The van der Waals surface area contributed by atoms with E-state index in [0.717, 1.165) is 58.8 Å². The van der Waals surface area contributed by atoms with Crippen molar-refractivity contribution in [3.05, 3.63) is 42.5 Å². The fourth-order valence-electron chi connectivity index (χ4n) is 3.30. The number of fused-ring (bicyclic) bond motifs is 1. The fraction of sp³-hybridized carbons (Fsp3) is 0.333. The van der Waals surface area contributed by atoms with E-state index >= 15 is 0 Å². The minimum Gasteiger partial charge on any atom is -0.494 e. The van der Waals surface area contributed by atoms with Crippen LogP contribution < -0.4 is 19.9 Å². The molecule has 1 amide bonds. The largest absolute Gasteiger partial charge is 0.494 e. The molecule has 0 spiro atoms. The van der Waals surface area contributed by atoms with E-state index < -0.39 is 0 Å². The normalized spacial score (nSPS) is 14.1. The second-order valence-electron chi connectivity index (χ2n) is 6.85. The SMILES string of the molecule is COc1cccc2sc(N(C)CC(=O)Nc3ccc(N4CCOCC4)cc3)nc12. The number of ether oxygens (including phenoxy) is 2. The minimum absolute atomic E-state index is 0.0853. The van der Waals surface area contributed by atoms with Gasteiger partial charge in [0.1, 0.15) is 11.3 Å². The van der Waals surface area contributed by atoms with E-state index in [1.54, 1.807) is 18.4 Å². The summed E-state index contributed by atoms with van der Waals surface area (Å²) >= 11 is 1.54. The number of hydrogen-bond donors (Lipinski definition) is 1. The van der Waals surface area contributed by atoms with Gasteiger partial charge in [-0.1, -0.05) is 17.4 Å². The highest BCUT2D eigenvalue weighted by atomic mass is 32.1. The van der Waals surface area contributed by atoms with Gasteiger partial charge in [0.2, 0.25) is 5.91 Å². The van der Waals surface area contributed by atoms with E-state index in [1.807, 2.05) is 54.4 Å². The summed E-state index contributed by atoms with van der Waals surface area (Å²) in [4.78, 5) is 21.3. The van der Waals surface area contributed by atoms with Gasteiger partial charge >= 0.3 is 0 Å². The van der Waals surface area contributed by atoms with Crippen molar-refractivity contribution >= 4 is 44.0 Å². The molecular formula is C21H24N4O3S. The molecule has 4 rings (SSSR count). The van der Waals surface area contributed by atoms with Crippen LogP contribution in [0.15, 0.2) is 42.5 Å². The summed E-state index contributed by atoms with van der Waals surface area (Å²) in [5.41, 5.74) is 2.75. The lowest BCUT2D eigenvalue weighted by molar-refractivity contribution is -0.114. The number of thiazole rings is 1. The van der Waals surface area contributed by atoms with Crippen molar-refractivity contribution < 1.29 is 14.3 Å². The molecule has 29 heavy (non-hydrogen) atoms. The van der Waals surface area contributed by atoms with E-state index in [4.69, 9.17) is 9.47 Å². The predicted molar refractivity (Wildman–Crippen MR) is 118 cm³/mol. The van der Waals surface area contributed by atoms with Crippen LogP contribution in [0.4, 0.5) is 16.5 Å². The van der Waals surface area contributed by atoms with Crippen LogP contribution in [-0.4, -0.2) is 57.9 Å². The van der Waals surface area contributed by atoms with Gasteiger partial charge in [-0.05, 0) is 36.4 Å². The molecule has 7 nitrogen and oxygen atoms in total. The van der Waals surface area contributed by atoms with Gasteiger partial charge in [-0.2, -0.15) is 0 Å². The Balaban J connectivity index is 1.38. The smallest absolute Gasteiger partial charge is 0.243 e. The molecule has 1 saturated heterocycles. The van der Waals surface area contributed by atoms with Crippen LogP contribution in [0.5, 0.6) is 5.75 Å². The van der Waals surface area contributed by atoms with E-state index in [1.165, 1.54) is 0 Å². The maximum absolute atomic E-state index is 12.5. The Bertz CT molecular complexity index is 983. The molecule has 0 atom stereocenters. The van der Waals surface area contributed by atoms with Crippen molar-refractivity contribution in [3.63, 3.8) is 0 Å². The van der Waals surface area contributed by atoms with Crippen LogP contribution in [-0.2, 0) is 9.53 Å². The molecule has 2 heterocycles. The number of nitrogens with one attached hydrogen (secondary N) is 1. The average Bonchev–Trinajstić information content (AvgIpc) is 3.19. The number of para-hydroxylation sites is 1. The molecular weight excluding hydrogens is 388 g/mol. The average molecular weight is 413 g/mol. The highest BCUT2D eigenvalue weighted by molar-refractivity contribution is 7.22. The van der Waals surface area contributed by atoms with Gasteiger partial charge in [-0.25, -0.2) is 4.98 Å². The Kier molecular flexibility index (Phi) is 5.82. The quantitative estimate of drug-likeness (QED) is 0.671. The van der Waals surface area contributed by atoms with Crippen LogP contribution in [0.25, 0.3) is 10.2 Å². The summed E-state index contributed by atoms with van der Waals surface area (Å²) in [6.07, 6.45) is 0. The summed E-state index contributed by atoms with van der Waals surface area (Å²) in [5.74, 6) is 0.654. The number of aromatic nitrogens is 1. The Morgan fingerprint density at radius 3 is 2.72 bits per heavy atom. The van der Waals surface area contributed by atoms with Crippen LogP contribution in [0.1, 0.15) is 0 Å². The lowest BCUT2D eigenvalue weighted by atomic mass is 10.2. The Hall–Kier alpha value is -2.84. The standard InChI is InChI=1S/C21H24N4O3S/c1-24(21-23-20-17(27-2)4-3-5-18(20)29-21)14-19(26)22-15-6-8-16(9-7-15)25-10-12-28-13-11-25/h3-9H,10-14H2,1-2H3,(H,22,26). The molecule has 0 saturated carbocycles. The first-order valence-electron chi connectivity index (χ1n) is 9.51. The third kappa shape index (κ3) is 4.44. The third-order valence-electron chi connectivity index (χ3n) is 4.83. The Labute approximate surface area is 173 Å². The highest BCUT2D eigenvalue weighted by Gasteiger charge is 2.15. The van der Waals surface area contributed by atoms with Crippen LogP contribution in [0, 0.1) is 0 Å². The number of likely N-dealkylation sites (N-methyl/N-ethyl adjacent to an activating group) is 1. The number of carbonyl (C=O) groups is 1. The van der Waals surface area contributed by atoms with Crippen molar-refractivity contribution in [2.24, 2.45) is 0 Å². The summed E-state index contributed by atoms with van der Waals surface area (Å²) in [7, 11) is 3.50. The maximum atomic E-state index is 12.5. The van der Waals surface area contributed by atoms with Gasteiger partial charge in [0, 0.05) is 31.5 Å². The minimum atomic E-state index is -0.0853. The zero-order valence-corrected chi connectivity index (χ0v) is 17.4. The molecule has 1 N–H and O–H groups in total. The zero-order chi connectivity index (χ0) is 20.2.